The average Bonchev–Trinajstić information content (AvgIpc) is 2.93. The van der Waals surface area contributed by atoms with Crippen molar-refractivity contribution in [3.8, 4) is 6.08 Å². The summed E-state index contributed by atoms with van der Waals surface area (Å²) in [5.74, 6) is 0.363. The molecule has 0 saturated carbocycles. The molecule has 0 saturated heterocycles. The van der Waals surface area contributed by atoms with E-state index in [1.165, 1.54) is 0 Å². The number of amides is 1. The van der Waals surface area contributed by atoms with Crippen molar-refractivity contribution >= 4 is 28.6 Å². The second-order valence-corrected chi connectivity index (χ2v) is 8.14. The third-order valence-electron chi connectivity index (χ3n) is 4.63. The maximum Gasteiger partial charge on any atom is 0.395 e. The van der Waals surface area contributed by atoms with Crippen LogP contribution in [0.15, 0.2) is 34.4 Å². The van der Waals surface area contributed by atoms with Crippen molar-refractivity contribution in [1.82, 2.24) is 9.88 Å². The highest BCUT2D eigenvalue weighted by molar-refractivity contribution is 6.31. The summed E-state index contributed by atoms with van der Waals surface area (Å²) in [6.45, 7) is 9.16. The first-order valence-corrected chi connectivity index (χ1v) is 9.35. The number of fused-ring (bicyclic) bond motifs is 1. The van der Waals surface area contributed by atoms with Gasteiger partial charge in [0.15, 0.2) is 12.2 Å². The summed E-state index contributed by atoms with van der Waals surface area (Å²) < 4.78 is 11.0. The van der Waals surface area contributed by atoms with Gasteiger partial charge in [-0.1, -0.05) is 38.4 Å². The number of allylic oxidation sites excluding steroid dienone is 2. The van der Waals surface area contributed by atoms with Crippen LogP contribution in [0.2, 0.25) is 5.02 Å². The van der Waals surface area contributed by atoms with Gasteiger partial charge in [-0.15, -0.1) is 0 Å². The van der Waals surface area contributed by atoms with E-state index in [1.807, 2.05) is 6.92 Å². The highest BCUT2D eigenvalue weighted by atomic mass is 35.5. The SMILES string of the molecule is CCN(C(=O)COc1nc2ccc(Cl)cc2o1)C1=CC(C)CC(C)(C)C1. The Kier molecular flexibility index (Phi) is 5.28. The molecule has 1 aliphatic rings. The lowest BCUT2D eigenvalue weighted by Crippen LogP contribution is -2.37. The molecule has 0 spiro atoms. The molecule has 140 valence electrons. The molecular formula is C20H25ClN2O3. The molecule has 1 aliphatic carbocycles. The molecule has 1 aromatic carbocycles. The monoisotopic (exact) mass is 376 g/mol. The summed E-state index contributed by atoms with van der Waals surface area (Å²) in [5, 5.41) is 0.564. The second-order valence-electron chi connectivity index (χ2n) is 7.70. The van der Waals surface area contributed by atoms with Gasteiger partial charge in [0.2, 0.25) is 0 Å². The van der Waals surface area contributed by atoms with Gasteiger partial charge in [0.1, 0.15) is 5.52 Å². The van der Waals surface area contributed by atoms with E-state index in [-0.39, 0.29) is 24.0 Å². The molecule has 1 amide bonds. The number of carbonyl (C=O) groups is 1. The Bertz CT molecular complexity index is 841. The van der Waals surface area contributed by atoms with Crippen LogP contribution in [-0.4, -0.2) is 28.9 Å². The first kappa shape index (κ1) is 18.8. The summed E-state index contributed by atoms with van der Waals surface area (Å²) in [6.07, 6.45) is 4.30. The van der Waals surface area contributed by atoms with Gasteiger partial charge in [-0.3, -0.25) is 4.79 Å². The molecular weight excluding hydrogens is 352 g/mol. The fourth-order valence-corrected chi connectivity index (χ4v) is 3.91. The maximum atomic E-state index is 12.7. The third kappa shape index (κ3) is 4.21. The summed E-state index contributed by atoms with van der Waals surface area (Å²) >= 11 is 5.94. The number of rotatable bonds is 5. The summed E-state index contributed by atoms with van der Waals surface area (Å²) in [6, 6.07) is 5.16. The van der Waals surface area contributed by atoms with Crippen molar-refractivity contribution in [2.75, 3.05) is 13.2 Å². The van der Waals surface area contributed by atoms with Gasteiger partial charge in [0, 0.05) is 23.3 Å². The van der Waals surface area contributed by atoms with Gasteiger partial charge in [-0.05, 0) is 43.2 Å². The van der Waals surface area contributed by atoms with Crippen LogP contribution in [-0.2, 0) is 4.79 Å². The van der Waals surface area contributed by atoms with E-state index in [4.69, 9.17) is 20.8 Å². The van der Waals surface area contributed by atoms with E-state index in [1.54, 1.807) is 23.1 Å². The Morgan fingerprint density at radius 2 is 2.23 bits per heavy atom. The quantitative estimate of drug-likeness (QED) is 0.732. The zero-order valence-electron chi connectivity index (χ0n) is 15.7. The van der Waals surface area contributed by atoms with Crippen molar-refractivity contribution in [1.29, 1.82) is 0 Å². The molecule has 1 atom stereocenters. The van der Waals surface area contributed by atoms with Gasteiger partial charge in [0.05, 0.1) is 0 Å². The largest absolute Gasteiger partial charge is 0.440 e. The van der Waals surface area contributed by atoms with Crippen molar-refractivity contribution in [2.24, 2.45) is 11.3 Å². The summed E-state index contributed by atoms with van der Waals surface area (Å²) in [4.78, 5) is 18.7. The van der Waals surface area contributed by atoms with Crippen LogP contribution in [0, 0.1) is 11.3 Å². The molecule has 6 heteroatoms. The third-order valence-corrected chi connectivity index (χ3v) is 4.86. The zero-order valence-corrected chi connectivity index (χ0v) is 16.5. The molecule has 5 nitrogen and oxygen atoms in total. The lowest BCUT2D eigenvalue weighted by molar-refractivity contribution is -0.132. The molecule has 1 heterocycles. The van der Waals surface area contributed by atoms with Crippen LogP contribution in [0.5, 0.6) is 6.08 Å². The molecule has 2 aromatic rings. The van der Waals surface area contributed by atoms with Gasteiger partial charge in [0.25, 0.3) is 5.91 Å². The fourth-order valence-electron chi connectivity index (χ4n) is 3.75. The van der Waals surface area contributed by atoms with Gasteiger partial charge < -0.3 is 14.1 Å². The molecule has 3 rings (SSSR count). The Hall–Kier alpha value is -2.01. The second kappa shape index (κ2) is 7.31. The fraction of sp³-hybridized carbons (Fsp3) is 0.500. The van der Waals surface area contributed by atoms with E-state index in [2.05, 4.69) is 31.8 Å². The first-order chi connectivity index (χ1) is 12.3. The number of hydrogen-bond acceptors (Lipinski definition) is 4. The molecule has 26 heavy (non-hydrogen) atoms. The van der Waals surface area contributed by atoms with Crippen LogP contribution in [0.1, 0.15) is 40.5 Å². The number of benzene rings is 1. The zero-order chi connectivity index (χ0) is 18.9. The van der Waals surface area contributed by atoms with E-state index in [9.17, 15) is 4.79 Å². The van der Waals surface area contributed by atoms with Crippen molar-refractivity contribution in [3.63, 3.8) is 0 Å². The van der Waals surface area contributed by atoms with Crippen LogP contribution in [0.25, 0.3) is 11.1 Å². The number of hydrogen-bond donors (Lipinski definition) is 0. The number of aromatic nitrogens is 1. The maximum absolute atomic E-state index is 12.7. The highest BCUT2D eigenvalue weighted by Gasteiger charge is 2.30. The standard InChI is InChI=1S/C20H25ClN2O3/c1-5-23(15-8-13(2)10-20(3,4)11-15)18(24)12-25-19-22-16-7-6-14(21)9-17(16)26-19/h6-9,13H,5,10-12H2,1-4H3. The van der Waals surface area contributed by atoms with Gasteiger partial charge in [-0.25, -0.2) is 0 Å². The van der Waals surface area contributed by atoms with E-state index >= 15 is 0 Å². The Balaban J connectivity index is 1.69. The Morgan fingerprint density at radius 1 is 1.46 bits per heavy atom. The lowest BCUT2D eigenvalue weighted by Gasteiger charge is -2.37. The predicted molar refractivity (Wildman–Crippen MR) is 102 cm³/mol. The summed E-state index contributed by atoms with van der Waals surface area (Å²) in [7, 11) is 0. The lowest BCUT2D eigenvalue weighted by atomic mass is 9.75. The smallest absolute Gasteiger partial charge is 0.395 e. The van der Waals surface area contributed by atoms with Crippen LogP contribution < -0.4 is 4.74 Å². The van der Waals surface area contributed by atoms with Crippen molar-refractivity contribution in [2.45, 2.75) is 40.5 Å². The predicted octanol–water partition coefficient (Wildman–Crippen LogP) is 5.05. The summed E-state index contributed by atoms with van der Waals surface area (Å²) in [5.41, 5.74) is 2.46. The number of likely N-dealkylation sites (N-methyl/N-ethyl adjacent to an activating group) is 1. The Labute approximate surface area is 159 Å². The molecule has 0 N–H and O–H groups in total. The normalized spacial score (nSPS) is 19.3. The minimum Gasteiger partial charge on any atom is -0.440 e. The minimum atomic E-state index is -0.111. The van der Waals surface area contributed by atoms with E-state index in [0.717, 1.165) is 18.5 Å². The molecule has 0 bridgehead atoms. The molecule has 0 radical (unpaired) electrons. The van der Waals surface area contributed by atoms with E-state index < -0.39 is 0 Å². The topological polar surface area (TPSA) is 55.6 Å². The van der Waals surface area contributed by atoms with Crippen LogP contribution in [0.4, 0.5) is 0 Å². The highest BCUT2D eigenvalue weighted by Crippen LogP contribution is 2.39. The molecule has 1 unspecified atom stereocenters. The van der Waals surface area contributed by atoms with Gasteiger partial charge >= 0.3 is 6.08 Å². The molecule has 0 fully saturated rings. The van der Waals surface area contributed by atoms with Crippen LogP contribution in [0.3, 0.4) is 0 Å². The number of halogens is 1. The van der Waals surface area contributed by atoms with E-state index in [0.29, 0.717) is 28.6 Å². The average molecular weight is 377 g/mol. The Morgan fingerprint density at radius 3 is 2.92 bits per heavy atom. The van der Waals surface area contributed by atoms with Crippen LogP contribution >= 0.6 is 11.6 Å². The number of ether oxygens (including phenoxy) is 1. The van der Waals surface area contributed by atoms with Crippen molar-refractivity contribution in [3.05, 3.63) is 35.0 Å². The van der Waals surface area contributed by atoms with Crippen molar-refractivity contribution < 1.29 is 13.9 Å². The minimum absolute atomic E-state index is 0.0815. The van der Waals surface area contributed by atoms with Gasteiger partial charge in [-0.2, -0.15) is 4.98 Å². The number of oxazole rings is 1. The molecule has 0 aliphatic heterocycles. The first-order valence-electron chi connectivity index (χ1n) is 8.97. The number of nitrogens with zero attached hydrogens (tertiary/aromatic N) is 2. The number of carbonyl (C=O) groups excluding carboxylic acids is 1. The molecule has 1 aromatic heterocycles.